The molecule has 21 heavy (non-hydrogen) atoms. The monoisotopic (exact) mass is 316 g/mol. The van der Waals surface area contributed by atoms with E-state index in [2.05, 4.69) is 0 Å². The molecule has 0 aliphatic rings. The van der Waals surface area contributed by atoms with Gasteiger partial charge in [-0.05, 0) is 12.1 Å². The molecule has 116 valence electrons. The molecule has 7 heteroatoms. The number of benzene rings is 1. The Morgan fingerprint density at radius 2 is 1.95 bits per heavy atom. The van der Waals surface area contributed by atoms with Gasteiger partial charge < -0.3 is 15.4 Å². The van der Waals surface area contributed by atoms with Crippen molar-refractivity contribution in [3.05, 3.63) is 30.3 Å². The summed E-state index contributed by atoms with van der Waals surface area (Å²) in [7, 11) is 0. The number of hydrogen-bond donors (Lipinski definition) is 1. The molecule has 0 heterocycles. The summed E-state index contributed by atoms with van der Waals surface area (Å²) in [5, 5.41) is 0. The number of carbonyl (C=O) groups is 1. The van der Waals surface area contributed by atoms with E-state index in [-0.39, 0.29) is 18.9 Å². The van der Waals surface area contributed by atoms with Crippen LogP contribution in [0.15, 0.2) is 30.3 Å². The highest BCUT2D eigenvalue weighted by molar-refractivity contribution is 7.80. The van der Waals surface area contributed by atoms with E-state index in [9.17, 15) is 13.6 Å². The molecular formula is C14H18F2N2O2S. The standard InChI is InChI=1S/C14H18F2N2O2S/c15-12(16)10-20-9-7-14(19)18(8-6-13(17)21)11-4-2-1-3-5-11/h1-5,12H,6-10H2,(H2,17,21). The molecular weight excluding hydrogens is 298 g/mol. The lowest BCUT2D eigenvalue weighted by molar-refractivity contribution is -0.120. The van der Waals surface area contributed by atoms with E-state index >= 15 is 0 Å². The number of ether oxygens (including phenoxy) is 1. The number of amides is 1. The first-order valence-corrected chi connectivity index (χ1v) is 6.91. The predicted octanol–water partition coefficient (Wildman–Crippen LogP) is 2.37. The van der Waals surface area contributed by atoms with Crippen LogP contribution in [0, 0.1) is 0 Å². The molecule has 0 aromatic heterocycles. The van der Waals surface area contributed by atoms with Crippen molar-refractivity contribution in [1.29, 1.82) is 0 Å². The highest BCUT2D eigenvalue weighted by atomic mass is 32.1. The van der Waals surface area contributed by atoms with Gasteiger partial charge in [0.25, 0.3) is 6.43 Å². The first-order valence-electron chi connectivity index (χ1n) is 6.50. The summed E-state index contributed by atoms with van der Waals surface area (Å²) in [5.41, 5.74) is 6.17. The Hall–Kier alpha value is -1.60. The van der Waals surface area contributed by atoms with Crippen molar-refractivity contribution in [2.45, 2.75) is 19.3 Å². The lowest BCUT2D eigenvalue weighted by Gasteiger charge is -2.22. The Balaban J connectivity index is 2.59. The summed E-state index contributed by atoms with van der Waals surface area (Å²) in [6.07, 6.45) is -2.10. The SMILES string of the molecule is NC(=S)CCN(C(=O)CCOCC(F)F)c1ccccc1. The van der Waals surface area contributed by atoms with Crippen molar-refractivity contribution >= 4 is 28.8 Å². The van der Waals surface area contributed by atoms with Crippen LogP contribution in [0.3, 0.4) is 0 Å². The van der Waals surface area contributed by atoms with E-state index in [4.69, 9.17) is 22.7 Å². The van der Waals surface area contributed by atoms with Gasteiger partial charge in [-0.1, -0.05) is 30.4 Å². The van der Waals surface area contributed by atoms with E-state index < -0.39 is 13.0 Å². The minimum absolute atomic E-state index is 0.0267. The smallest absolute Gasteiger partial charge is 0.261 e. The van der Waals surface area contributed by atoms with Crippen molar-refractivity contribution < 1.29 is 18.3 Å². The highest BCUT2D eigenvalue weighted by Crippen LogP contribution is 2.15. The molecule has 1 aromatic rings. The number of thiocarbonyl (C=S) groups is 1. The van der Waals surface area contributed by atoms with Gasteiger partial charge in [0.1, 0.15) is 6.61 Å². The number of nitrogens with zero attached hydrogens (tertiary/aromatic N) is 1. The molecule has 2 N–H and O–H groups in total. The Bertz CT molecular complexity index is 458. The van der Waals surface area contributed by atoms with Crippen LogP contribution in [0.1, 0.15) is 12.8 Å². The molecule has 1 rings (SSSR count). The average Bonchev–Trinajstić information content (AvgIpc) is 2.44. The Morgan fingerprint density at radius 3 is 2.52 bits per heavy atom. The second kappa shape index (κ2) is 9.36. The van der Waals surface area contributed by atoms with Crippen LogP contribution < -0.4 is 10.6 Å². The van der Waals surface area contributed by atoms with E-state index in [0.29, 0.717) is 23.6 Å². The van der Waals surface area contributed by atoms with Gasteiger partial charge in [0.05, 0.1) is 18.0 Å². The van der Waals surface area contributed by atoms with E-state index in [1.54, 1.807) is 12.1 Å². The molecule has 0 radical (unpaired) electrons. The molecule has 0 atom stereocenters. The number of alkyl halides is 2. The zero-order valence-corrected chi connectivity index (χ0v) is 12.3. The third kappa shape index (κ3) is 7.10. The van der Waals surface area contributed by atoms with Gasteiger partial charge in [-0.3, -0.25) is 4.79 Å². The van der Waals surface area contributed by atoms with Gasteiger partial charge in [0.2, 0.25) is 5.91 Å². The topological polar surface area (TPSA) is 55.6 Å². The molecule has 0 aliphatic heterocycles. The molecule has 4 nitrogen and oxygen atoms in total. The minimum Gasteiger partial charge on any atom is -0.393 e. The fraction of sp³-hybridized carbons (Fsp3) is 0.429. The lowest BCUT2D eigenvalue weighted by atomic mass is 10.2. The lowest BCUT2D eigenvalue weighted by Crippen LogP contribution is -2.34. The van der Waals surface area contributed by atoms with E-state index in [0.717, 1.165) is 0 Å². The van der Waals surface area contributed by atoms with Crippen molar-refractivity contribution in [3.63, 3.8) is 0 Å². The zero-order valence-electron chi connectivity index (χ0n) is 11.5. The zero-order chi connectivity index (χ0) is 15.7. The molecule has 1 amide bonds. The number of hydrogen-bond acceptors (Lipinski definition) is 3. The number of rotatable bonds is 9. The maximum atomic E-state index is 12.2. The first-order chi connectivity index (χ1) is 10.0. The second-order valence-corrected chi connectivity index (χ2v) is 4.84. The summed E-state index contributed by atoms with van der Waals surface area (Å²) in [4.78, 5) is 14.0. The Morgan fingerprint density at radius 1 is 1.29 bits per heavy atom. The predicted molar refractivity (Wildman–Crippen MR) is 81.6 cm³/mol. The number of anilines is 1. The van der Waals surface area contributed by atoms with Crippen molar-refractivity contribution in [2.75, 3.05) is 24.7 Å². The molecule has 0 aliphatic carbocycles. The van der Waals surface area contributed by atoms with Crippen molar-refractivity contribution in [2.24, 2.45) is 5.73 Å². The van der Waals surface area contributed by atoms with Crippen LogP contribution in [0.5, 0.6) is 0 Å². The summed E-state index contributed by atoms with van der Waals surface area (Å²) in [5.74, 6) is -0.216. The normalized spacial score (nSPS) is 10.6. The third-order valence-corrected chi connectivity index (χ3v) is 2.86. The Kier molecular flexibility index (Phi) is 7.78. The average molecular weight is 316 g/mol. The summed E-state index contributed by atoms with van der Waals surface area (Å²) < 4.78 is 28.6. The van der Waals surface area contributed by atoms with Crippen LogP contribution in [0.25, 0.3) is 0 Å². The van der Waals surface area contributed by atoms with Gasteiger partial charge in [0.15, 0.2) is 0 Å². The molecule has 1 aromatic carbocycles. The van der Waals surface area contributed by atoms with Crippen LogP contribution in [-0.2, 0) is 9.53 Å². The molecule has 0 saturated heterocycles. The van der Waals surface area contributed by atoms with Crippen LogP contribution in [0.2, 0.25) is 0 Å². The highest BCUT2D eigenvalue weighted by Gasteiger charge is 2.15. The summed E-state index contributed by atoms with van der Waals surface area (Å²) in [6, 6.07) is 9.04. The second-order valence-electron chi connectivity index (χ2n) is 4.31. The van der Waals surface area contributed by atoms with Crippen LogP contribution in [0.4, 0.5) is 14.5 Å². The van der Waals surface area contributed by atoms with Gasteiger partial charge in [-0.2, -0.15) is 0 Å². The molecule has 0 unspecified atom stereocenters. The van der Waals surface area contributed by atoms with Gasteiger partial charge in [-0.15, -0.1) is 0 Å². The molecule has 0 fully saturated rings. The summed E-state index contributed by atoms with van der Waals surface area (Å²) in [6.45, 7) is -0.349. The van der Waals surface area contributed by atoms with Gasteiger partial charge >= 0.3 is 0 Å². The largest absolute Gasteiger partial charge is 0.393 e. The van der Waals surface area contributed by atoms with E-state index in [1.165, 1.54) is 4.90 Å². The van der Waals surface area contributed by atoms with Crippen LogP contribution in [-0.4, -0.2) is 37.1 Å². The number of para-hydroxylation sites is 1. The van der Waals surface area contributed by atoms with Gasteiger partial charge in [0, 0.05) is 18.7 Å². The molecule has 0 spiro atoms. The first kappa shape index (κ1) is 17.5. The molecule has 0 bridgehead atoms. The van der Waals surface area contributed by atoms with Crippen molar-refractivity contribution in [1.82, 2.24) is 0 Å². The van der Waals surface area contributed by atoms with Gasteiger partial charge in [-0.25, -0.2) is 8.78 Å². The number of carbonyl (C=O) groups excluding carboxylic acids is 1. The maximum absolute atomic E-state index is 12.2. The minimum atomic E-state index is -2.53. The van der Waals surface area contributed by atoms with E-state index in [1.807, 2.05) is 18.2 Å². The third-order valence-electron chi connectivity index (χ3n) is 2.65. The molecule has 0 saturated carbocycles. The Labute approximate surface area is 127 Å². The fourth-order valence-electron chi connectivity index (χ4n) is 1.69. The quantitative estimate of drug-likeness (QED) is 0.561. The summed E-state index contributed by atoms with van der Waals surface area (Å²) >= 11 is 4.82. The van der Waals surface area contributed by atoms with Crippen molar-refractivity contribution in [3.8, 4) is 0 Å². The van der Waals surface area contributed by atoms with Crippen LogP contribution >= 0.6 is 12.2 Å². The maximum Gasteiger partial charge on any atom is 0.261 e. The number of halogens is 2. The fourth-order valence-corrected chi connectivity index (χ4v) is 1.79. The number of nitrogens with two attached hydrogens (primary N) is 1.